The number of carbonyl (C=O) groups excluding carboxylic acids is 3. The molecule has 1 aromatic heterocycles. The molecule has 7 nitrogen and oxygen atoms in total. The maximum atomic E-state index is 13.1. The summed E-state index contributed by atoms with van der Waals surface area (Å²) in [5, 5.41) is 3.42. The molecule has 0 aliphatic heterocycles. The number of fused-ring (bicyclic) bond motifs is 1. The van der Waals surface area contributed by atoms with Gasteiger partial charge in [0.15, 0.2) is 0 Å². The van der Waals surface area contributed by atoms with Gasteiger partial charge in [-0.25, -0.2) is 9.59 Å². The van der Waals surface area contributed by atoms with Crippen molar-refractivity contribution in [2.75, 3.05) is 11.9 Å². The van der Waals surface area contributed by atoms with Gasteiger partial charge in [0.2, 0.25) is 5.91 Å². The number of ether oxygens (including phenoxy) is 2. The van der Waals surface area contributed by atoms with E-state index in [9.17, 15) is 14.4 Å². The molecule has 0 aliphatic rings. The van der Waals surface area contributed by atoms with Crippen molar-refractivity contribution in [3.05, 3.63) is 89.6 Å². The van der Waals surface area contributed by atoms with Gasteiger partial charge >= 0.3 is 11.9 Å². The van der Waals surface area contributed by atoms with E-state index in [4.69, 9.17) is 9.47 Å². The summed E-state index contributed by atoms with van der Waals surface area (Å²) in [5.41, 5.74) is 3.47. The van der Waals surface area contributed by atoms with Crippen molar-refractivity contribution in [1.82, 2.24) is 4.57 Å². The van der Waals surface area contributed by atoms with Crippen LogP contribution in [-0.2, 0) is 9.53 Å². The number of esters is 2. The first kappa shape index (κ1) is 25.7. The minimum Gasteiger partial charge on any atom is -0.462 e. The maximum Gasteiger partial charge on any atom is 0.345 e. The molecule has 0 saturated heterocycles. The highest BCUT2D eigenvalue weighted by atomic mass is 16.5. The number of unbranched alkanes of at least 4 members (excludes halogenated alkanes) is 1. The van der Waals surface area contributed by atoms with Crippen molar-refractivity contribution in [1.29, 1.82) is 0 Å². The Kier molecular flexibility index (Phi) is 8.03. The molecule has 1 amide bonds. The second-order valence-electron chi connectivity index (χ2n) is 8.62. The fourth-order valence-electron chi connectivity index (χ4n) is 4.31. The molecule has 7 heteroatoms. The molecule has 0 atom stereocenters. The molecule has 37 heavy (non-hydrogen) atoms. The van der Waals surface area contributed by atoms with Crippen LogP contribution in [-0.4, -0.2) is 29.0 Å². The highest BCUT2D eigenvalue weighted by Gasteiger charge is 2.23. The van der Waals surface area contributed by atoms with E-state index in [1.165, 1.54) is 0 Å². The van der Waals surface area contributed by atoms with Crippen molar-refractivity contribution in [3.63, 3.8) is 0 Å². The van der Waals surface area contributed by atoms with Gasteiger partial charge in [-0.2, -0.15) is 0 Å². The van der Waals surface area contributed by atoms with E-state index in [1.807, 2.05) is 54.8 Å². The van der Waals surface area contributed by atoms with Gasteiger partial charge in [0.1, 0.15) is 5.75 Å². The molecule has 0 unspecified atom stereocenters. The fourth-order valence-corrected chi connectivity index (χ4v) is 4.31. The normalized spacial score (nSPS) is 10.8. The molecule has 4 aromatic rings. The topological polar surface area (TPSA) is 86.6 Å². The molecule has 0 bridgehead atoms. The summed E-state index contributed by atoms with van der Waals surface area (Å²) in [5.74, 6) is -0.924. The molecule has 0 radical (unpaired) electrons. The van der Waals surface area contributed by atoms with Crippen molar-refractivity contribution >= 4 is 34.4 Å². The van der Waals surface area contributed by atoms with Gasteiger partial charge in [-0.3, -0.25) is 4.79 Å². The zero-order valence-corrected chi connectivity index (χ0v) is 21.2. The Morgan fingerprint density at radius 1 is 0.892 bits per heavy atom. The zero-order chi connectivity index (χ0) is 26.4. The number of hydrogen-bond donors (Lipinski definition) is 1. The monoisotopic (exact) mass is 498 g/mol. The quantitative estimate of drug-likeness (QED) is 0.211. The van der Waals surface area contributed by atoms with Crippen LogP contribution in [0, 0.1) is 6.92 Å². The van der Waals surface area contributed by atoms with Crippen molar-refractivity contribution < 1.29 is 23.9 Å². The number of rotatable bonds is 9. The summed E-state index contributed by atoms with van der Waals surface area (Å²) >= 11 is 0. The number of aromatic nitrogens is 1. The van der Waals surface area contributed by atoms with Crippen LogP contribution < -0.4 is 10.1 Å². The summed E-state index contributed by atoms with van der Waals surface area (Å²) < 4.78 is 13.0. The SMILES string of the molecule is CCCCC(=O)Nc1ccccc1C(=O)Oc1ccc2c(c1)c(C(=O)OCC)c(C)n2-c1ccccc1. The van der Waals surface area contributed by atoms with E-state index in [2.05, 4.69) is 5.32 Å². The van der Waals surface area contributed by atoms with Crippen LogP contribution in [0.15, 0.2) is 72.8 Å². The van der Waals surface area contributed by atoms with Crippen LogP contribution in [0.4, 0.5) is 5.69 Å². The summed E-state index contributed by atoms with van der Waals surface area (Å²) in [7, 11) is 0. The lowest BCUT2D eigenvalue weighted by Crippen LogP contribution is -2.16. The van der Waals surface area contributed by atoms with E-state index >= 15 is 0 Å². The number of nitrogens with zero attached hydrogens (tertiary/aromatic N) is 1. The molecule has 0 spiro atoms. The van der Waals surface area contributed by atoms with Crippen LogP contribution in [0.25, 0.3) is 16.6 Å². The lowest BCUT2D eigenvalue weighted by atomic mass is 10.1. The molecule has 190 valence electrons. The molecular formula is C30H30N2O5. The predicted molar refractivity (Wildman–Crippen MR) is 144 cm³/mol. The third-order valence-corrected chi connectivity index (χ3v) is 6.06. The van der Waals surface area contributed by atoms with E-state index < -0.39 is 11.9 Å². The average Bonchev–Trinajstić information content (AvgIpc) is 3.19. The van der Waals surface area contributed by atoms with Crippen LogP contribution in [0.2, 0.25) is 0 Å². The first-order valence-corrected chi connectivity index (χ1v) is 12.4. The summed E-state index contributed by atoms with van der Waals surface area (Å²) in [4.78, 5) is 38.3. The number of amides is 1. The summed E-state index contributed by atoms with van der Waals surface area (Å²) in [6.07, 6.45) is 2.05. The lowest BCUT2D eigenvalue weighted by Gasteiger charge is -2.11. The first-order chi connectivity index (χ1) is 17.9. The van der Waals surface area contributed by atoms with Crippen LogP contribution in [0.3, 0.4) is 0 Å². The molecule has 0 saturated carbocycles. The zero-order valence-electron chi connectivity index (χ0n) is 21.2. The Labute approximate surface area is 216 Å². The lowest BCUT2D eigenvalue weighted by molar-refractivity contribution is -0.116. The highest BCUT2D eigenvalue weighted by Crippen LogP contribution is 2.33. The highest BCUT2D eigenvalue weighted by molar-refractivity contribution is 6.07. The summed E-state index contributed by atoms with van der Waals surface area (Å²) in [6, 6.07) is 21.6. The Morgan fingerprint density at radius 3 is 2.35 bits per heavy atom. The van der Waals surface area contributed by atoms with Crippen molar-refractivity contribution in [2.45, 2.75) is 40.0 Å². The van der Waals surface area contributed by atoms with Gasteiger partial charge in [-0.05, 0) is 62.7 Å². The number of benzene rings is 3. The number of para-hydroxylation sites is 2. The number of hydrogen-bond acceptors (Lipinski definition) is 5. The maximum absolute atomic E-state index is 13.1. The van der Waals surface area contributed by atoms with Gasteiger partial charge in [-0.1, -0.05) is 43.7 Å². The van der Waals surface area contributed by atoms with Crippen molar-refractivity contribution in [3.8, 4) is 11.4 Å². The molecular weight excluding hydrogens is 468 g/mol. The molecule has 1 heterocycles. The predicted octanol–water partition coefficient (Wildman–Crippen LogP) is 6.46. The Balaban J connectivity index is 1.70. The van der Waals surface area contributed by atoms with Gasteiger partial charge < -0.3 is 19.4 Å². The Morgan fingerprint density at radius 2 is 1.62 bits per heavy atom. The minimum absolute atomic E-state index is 0.152. The van der Waals surface area contributed by atoms with Gasteiger partial charge in [0, 0.05) is 23.2 Å². The third kappa shape index (κ3) is 5.56. The molecule has 1 N–H and O–H groups in total. The van der Waals surface area contributed by atoms with Crippen molar-refractivity contribution in [2.24, 2.45) is 0 Å². The summed E-state index contributed by atoms with van der Waals surface area (Å²) in [6.45, 7) is 5.88. The van der Waals surface area contributed by atoms with Crippen LogP contribution in [0.5, 0.6) is 5.75 Å². The van der Waals surface area contributed by atoms with Crippen LogP contribution in [0.1, 0.15) is 59.5 Å². The largest absolute Gasteiger partial charge is 0.462 e. The molecule has 0 fully saturated rings. The van der Waals surface area contributed by atoms with Gasteiger partial charge in [0.05, 0.1) is 28.9 Å². The van der Waals surface area contributed by atoms with E-state index in [1.54, 1.807) is 43.3 Å². The molecule has 3 aromatic carbocycles. The van der Waals surface area contributed by atoms with E-state index in [-0.39, 0.29) is 23.8 Å². The Bertz CT molecular complexity index is 1440. The molecule has 4 rings (SSSR count). The number of anilines is 1. The molecule has 0 aliphatic carbocycles. The second-order valence-corrected chi connectivity index (χ2v) is 8.62. The van der Waals surface area contributed by atoms with E-state index in [0.29, 0.717) is 23.1 Å². The van der Waals surface area contributed by atoms with Gasteiger partial charge in [-0.15, -0.1) is 0 Å². The smallest absolute Gasteiger partial charge is 0.345 e. The van der Waals surface area contributed by atoms with Gasteiger partial charge in [0.25, 0.3) is 0 Å². The number of nitrogens with one attached hydrogen (secondary N) is 1. The number of carbonyl (C=O) groups is 3. The average molecular weight is 499 g/mol. The second kappa shape index (κ2) is 11.6. The fraction of sp³-hybridized carbons (Fsp3) is 0.233. The van der Waals surface area contributed by atoms with E-state index in [0.717, 1.165) is 29.7 Å². The minimum atomic E-state index is -0.609. The Hall–Kier alpha value is -4.39. The van der Waals surface area contributed by atoms with Crippen LogP contribution >= 0.6 is 0 Å². The standard InChI is InChI=1S/C30H30N2O5/c1-4-6-16-27(33)31-25-15-11-10-14-23(25)29(34)37-22-17-18-26-24(19-22)28(30(35)36-5-2)20(3)32(26)21-12-8-7-9-13-21/h7-15,17-19H,4-6,16H2,1-3H3,(H,31,33). The first-order valence-electron chi connectivity index (χ1n) is 12.4. The third-order valence-electron chi connectivity index (χ3n) is 6.06.